The molecule has 7 nitrogen and oxygen atoms in total. The SMILES string of the molecule is FC(F)n1ccnc1CSc1nnc(-c2ccc3c(c2)OCO3)o1. The number of halogens is 2. The Morgan fingerprint density at radius 3 is 2.96 bits per heavy atom. The normalized spacial score (nSPS) is 13.0. The van der Waals surface area contributed by atoms with Crippen molar-refractivity contribution in [3.05, 3.63) is 36.4 Å². The van der Waals surface area contributed by atoms with E-state index in [1.165, 1.54) is 12.4 Å². The van der Waals surface area contributed by atoms with Gasteiger partial charge in [-0.05, 0) is 18.2 Å². The molecule has 4 rings (SSSR count). The van der Waals surface area contributed by atoms with E-state index >= 15 is 0 Å². The van der Waals surface area contributed by atoms with Gasteiger partial charge in [0, 0.05) is 18.0 Å². The molecule has 0 N–H and O–H groups in total. The summed E-state index contributed by atoms with van der Waals surface area (Å²) in [6.07, 6.45) is 2.56. The number of rotatable bonds is 5. The van der Waals surface area contributed by atoms with Crippen LogP contribution in [0.4, 0.5) is 8.78 Å². The molecule has 0 radical (unpaired) electrons. The number of nitrogens with zero attached hydrogens (tertiary/aromatic N) is 4. The molecule has 1 aliphatic heterocycles. The van der Waals surface area contributed by atoms with Crippen LogP contribution in [0.5, 0.6) is 11.5 Å². The van der Waals surface area contributed by atoms with Gasteiger partial charge in [-0.15, -0.1) is 10.2 Å². The molecule has 1 aliphatic rings. The Hall–Kier alpha value is -2.62. The van der Waals surface area contributed by atoms with Crippen molar-refractivity contribution in [3.63, 3.8) is 0 Å². The van der Waals surface area contributed by atoms with Crippen LogP contribution in [0.2, 0.25) is 0 Å². The molecule has 3 aromatic rings. The molecule has 0 bridgehead atoms. The second kappa shape index (κ2) is 6.11. The first kappa shape index (κ1) is 14.9. The number of ether oxygens (including phenoxy) is 2. The van der Waals surface area contributed by atoms with Crippen LogP contribution in [-0.4, -0.2) is 26.5 Å². The van der Waals surface area contributed by atoms with Gasteiger partial charge in [-0.1, -0.05) is 11.8 Å². The fraction of sp³-hybridized carbons (Fsp3) is 0.214. The number of benzene rings is 1. The van der Waals surface area contributed by atoms with E-state index in [0.717, 1.165) is 16.3 Å². The molecule has 2 aromatic heterocycles. The van der Waals surface area contributed by atoms with Crippen molar-refractivity contribution >= 4 is 11.8 Å². The first-order valence-corrected chi connectivity index (χ1v) is 7.85. The summed E-state index contributed by atoms with van der Waals surface area (Å²) in [4.78, 5) is 3.90. The summed E-state index contributed by atoms with van der Waals surface area (Å²) in [5, 5.41) is 8.14. The third-order valence-electron chi connectivity index (χ3n) is 3.31. The molecule has 0 aliphatic carbocycles. The highest BCUT2D eigenvalue weighted by atomic mass is 32.2. The molecule has 0 saturated carbocycles. The van der Waals surface area contributed by atoms with Gasteiger partial charge in [0.25, 0.3) is 5.22 Å². The highest BCUT2D eigenvalue weighted by molar-refractivity contribution is 7.98. The maximum absolute atomic E-state index is 12.8. The van der Waals surface area contributed by atoms with Crippen molar-refractivity contribution in [3.8, 4) is 23.0 Å². The fourth-order valence-corrected chi connectivity index (χ4v) is 2.89. The van der Waals surface area contributed by atoms with Crippen molar-refractivity contribution in [2.24, 2.45) is 0 Å². The smallest absolute Gasteiger partial charge is 0.319 e. The topological polar surface area (TPSA) is 75.2 Å². The van der Waals surface area contributed by atoms with Crippen molar-refractivity contribution in [2.75, 3.05) is 6.79 Å². The fourth-order valence-electron chi connectivity index (χ4n) is 2.17. The largest absolute Gasteiger partial charge is 0.454 e. The predicted molar refractivity (Wildman–Crippen MR) is 78.9 cm³/mol. The van der Waals surface area contributed by atoms with Crippen LogP contribution in [0.1, 0.15) is 12.4 Å². The predicted octanol–water partition coefficient (Wildman–Crippen LogP) is 3.35. The van der Waals surface area contributed by atoms with Crippen LogP contribution in [-0.2, 0) is 5.75 Å². The van der Waals surface area contributed by atoms with Crippen LogP contribution in [0, 0.1) is 0 Å². The molecule has 0 saturated heterocycles. The molecule has 24 heavy (non-hydrogen) atoms. The minimum absolute atomic E-state index is 0.181. The van der Waals surface area contributed by atoms with E-state index in [9.17, 15) is 8.78 Å². The number of hydrogen-bond acceptors (Lipinski definition) is 7. The minimum Gasteiger partial charge on any atom is -0.454 e. The van der Waals surface area contributed by atoms with Crippen LogP contribution < -0.4 is 9.47 Å². The summed E-state index contributed by atoms with van der Waals surface area (Å²) in [6.45, 7) is -2.45. The van der Waals surface area contributed by atoms with Gasteiger partial charge < -0.3 is 13.9 Å². The summed E-state index contributed by atoms with van der Waals surface area (Å²) in [5.74, 6) is 2.01. The number of aromatic nitrogens is 4. The lowest BCUT2D eigenvalue weighted by Gasteiger charge is -2.04. The highest BCUT2D eigenvalue weighted by Gasteiger charge is 2.17. The van der Waals surface area contributed by atoms with E-state index in [4.69, 9.17) is 13.9 Å². The summed E-state index contributed by atoms with van der Waals surface area (Å²) in [6, 6.07) is 5.28. The molecular formula is C14H10F2N4O3S. The summed E-state index contributed by atoms with van der Waals surface area (Å²) in [5.41, 5.74) is 0.688. The van der Waals surface area contributed by atoms with Crippen LogP contribution in [0.25, 0.3) is 11.5 Å². The summed E-state index contributed by atoms with van der Waals surface area (Å²) < 4.78 is 42.4. The summed E-state index contributed by atoms with van der Waals surface area (Å²) in [7, 11) is 0. The first-order chi connectivity index (χ1) is 11.7. The second-order valence-electron chi connectivity index (χ2n) is 4.76. The van der Waals surface area contributed by atoms with E-state index in [1.807, 2.05) is 0 Å². The van der Waals surface area contributed by atoms with Crippen molar-refractivity contribution in [2.45, 2.75) is 17.5 Å². The van der Waals surface area contributed by atoms with Gasteiger partial charge in [0.1, 0.15) is 5.82 Å². The average molecular weight is 352 g/mol. The lowest BCUT2D eigenvalue weighted by atomic mass is 10.2. The van der Waals surface area contributed by atoms with E-state index in [1.54, 1.807) is 18.2 Å². The van der Waals surface area contributed by atoms with Gasteiger partial charge in [0.2, 0.25) is 12.7 Å². The Labute approximate surface area is 138 Å². The monoisotopic (exact) mass is 352 g/mol. The number of fused-ring (bicyclic) bond motifs is 1. The zero-order valence-electron chi connectivity index (χ0n) is 12.1. The van der Waals surface area contributed by atoms with Crippen molar-refractivity contribution in [1.82, 2.24) is 19.7 Å². The molecule has 0 amide bonds. The molecule has 0 atom stereocenters. The second-order valence-corrected chi connectivity index (χ2v) is 5.68. The van der Waals surface area contributed by atoms with Crippen molar-refractivity contribution in [1.29, 1.82) is 0 Å². The molecule has 3 heterocycles. The Morgan fingerprint density at radius 2 is 2.08 bits per heavy atom. The van der Waals surface area contributed by atoms with E-state index in [0.29, 0.717) is 23.0 Å². The molecule has 0 spiro atoms. The standard InChI is InChI=1S/C14H10F2N4O3S/c15-13(16)20-4-3-17-11(20)6-24-14-19-18-12(23-14)8-1-2-9-10(5-8)22-7-21-9/h1-5,13H,6-7H2. The van der Waals surface area contributed by atoms with Gasteiger partial charge in [0.05, 0.1) is 5.75 Å². The minimum atomic E-state index is -2.63. The average Bonchev–Trinajstić information content (AvgIpc) is 3.31. The van der Waals surface area contributed by atoms with Gasteiger partial charge in [-0.25, -0.2) is 4.98 Å². The van der Waals surface area contributed by atoms with E-state index < -0.39 is 6.55 Å². The number of imidazole rings is 1. The molecule has 10 heteroatoms. The molecule has 124 valence electrons. The highest BCUT2D eigenvalue weighted by Crippen LogP contribution is 2.36. The van der Waals surface area contributed by atoms with Gasteiger partial charge in [0.15, 0.2) is 11.5 Å². The summed E-state index contributed by atoms with van der Waals surface area (Å²) >= 11 is 1.14. The third kappa shape index (κ3) is 2.80. The zero-order valence-corrected chi connectivity index (χ0v) is 12.9. The first-order valence-electron chi connectivity index (χ1n) is 6.87. The number of hydrogen-bond donors (Lipinski definition) is 0. The van der Waals surface area contributed by atoms with Gasteiger partial charge >= 0.3 is 6.55 Å². The van der Waals surface area contributed by atoms with E-state index in [-0.39, 0.29) is 23.6 Å². The third-order valence-corrected chi connectivity index (χ3v) is 4.12. The zero-order chi connectivity index (χ0) is 16.5. The molecule has 0 unspecified atom stereocenters. The van der Waals surface area contributed by atoms with Gasteiger partial charge in [-0.3, -0.25) is 4.57 Å². The van der Waals surface area contributed by atoms with E-state index in [2.05, 4.69) is 15.2 Å². The molecule has 1 aromatic carbocycles. The maximum Gasteiger partial charge on any atom is 0.319 e. The van der Waals surface area contributed by atoms with Crippen LogP contribution in [0.15, 0.2) is 40.2 Å². The van der Waals surface area contributed by atoms with Crippen LogP contribution in [0.3, 0.4) is 0 Å². The lowest BCUT2D eigenvalue weighted by Crippen LogP contribution is -2.01. The lowest BCUT2D eigenvalue weighted by molar-refractivity contribution is 0.0678. The Bertz CT molecular complexity index is 867. The Morgan fingerprint density at radius 1 is 1.21 bits per heavy atom. The number of alkyl halides is 2. The Balaban J connectivity index is 1.48. The Kier molecular flexibility index (Phi) is 3.81. The van der Waals surface area contributed by atoms with Crippen LogP contribution >= 0.6 is 11.8 Å². The molecule has 0 fully saturated rings. The van der Waals surface area contributed by atoms with Gasteiger partial charge in [-0.2, -0.15) is 8.78 Å². The quantitative estimate of drug-likeness (QED) is 0.652. The maximum atomic E-state index is 12.8. The number of thioether (sulfide) groups is 1. The molecular weight excluding hydrogens is 342 g/mol. The van der Waals surface area contributed by atoms with Crippen molar-refractivity contribution < 1.29 is 22.7 Å².